The van der Waals surface area contributed by atoms with Crippen LogP contribution in [0.25, 0.3) is 11.0 Å². The average Bonchev–Trinajstić information content (AvgIpc) is 3.26. The monoisotopic (exact) mass is 506 g/mol. The number of nitrogens with zero attached hydrogens (tertiary/aromatic N) is 6. The lowest BCUT2D eigenvalue weighted by atomic mass is 10.2. The molecule has 1 saturated heterocycles. The average molecular weight is 507 g/mol. The lowest BCUT2D eigenvalue weighted by Gasteiger charge is -2.33. The molecular weight excluding hydrogens is 476 g/mol. The van der Waals surface area contributed by atoms with E-state index in [0.717, 1.165) is 41.9 Å². The van der Waals surface area contributed by atoms with Crippen molar-refractivity contribution < 1.29 is 8.42 Å². The third-order valence-electron chi connectivity index (χ3n) is 6.41. The molecule has 11 heteroatoms. The fourth-order valence-corrected chi connectivity index (χ4v) is 4.96. The van der Waals surface area contributed by atoms with E-state index in [2.05, 4.69) is 44.6 Å². The highest BCUT2D eigenvalue weighted by atomic mass is 32.2. The molecule has 5 rings (SSSR count). The summed E-state index contributed by atoms with van der Waals surface area (Å²) in [5, 5.41) is 7.66. The third-order valence-corrected chi connectivity index (χ3v) is 7.61. The number of sulfonamides is 1. The number of piperazine rings is 1. The molecule has 1 atom stereocenters. The van der Waals surface area contributed by atoms with Gasteiger partial charge in [-0.15, -0.1) is 0 Å². The van der Waals surface area contributed by atoms with Crippen LogP contribution in [0, 0.1) is 0 Å². The van der Waals surface area contributed by atoms with Crippen molar-refractivity contribution in [1.82, 2.24) is 24.8 Å². The van der Waals surface area contributed by atoms with E-state index in [0.29, 0.717) is 24.2 Å². The topological polar surface area (TPSA) is 108 Å². The lowest BCUT2D eigenvalue weighted by molar-refractivity contribution is 0.485. The quantitative estimate of drug-likeness (QED) is 0.394. The molecule has 2 N–H and O–H groups in total. The highest BCUT2D eigenvalue weighted by Gasteiger charge is 2.18. The van der Waals surface area contributed by atoms with E-state index in [-0.39, 0.29) is 0 Å². The smallest absolute Gasteiger partial charge is 0.232 e. The molecule has 4 heterocycles. The molecule has 0 bridgehead atoms. The van der Waals surface area contributed by atoms with Crippen molar-refractivity contribution in [2.45, 2.75) is 19.5 Å². The van der Waals surface area contributed by atoms with Crippen LogP contribution in [0.5, 0.6) is 0 Å². The van der Waals surface area contributed by atoms with Gasteiger partial charge in [0.1, 0.15) is 5.65 Å². The van der Waals surface area contributed by atoms with Gasteiger partial charge in [0.25, 0.3) is 0 Å². The van der Waals surface area contributed by atoms with Crippen molar-refractivity contribution in [2.24, 2.45) is 0 Å². The Morgan fingerprint density at radius 3 is 2.72 bits per heavy atom. The second kappa shape index (κ2) is 9.75. The first-order valence-corrected chi connectivity index (χ1v) is 13.7. The van der Waals surface area contributed by atoms with Gasteiger partial charge in [-0.1, -0.05) is 0 Å². The van der Waals surface area contributed by atoms with Crippen molar-refractivity contribution >= 4 is 44.1 Å². The minimum absolute atomic E-state index is 0.417. The van der Waals surface area contributed by atoms with Crippen molar-refractivity contribution in [2.75, 3.05) is 47.5 Å². The zero-order valence-corrected chi connectivity index (χ0v) is 21.4. The van der Waals surface area contributed by atoms with Crippen LogP contribution < -0.4 is 19.8 Å². The van der Waals surface area contributed by atoms with Gasteiger partial charge in [-0.05, 0) is 43.3 Å². The highest BCUT2D eigenvalue weighted by molar-refractivity contribution is 7.92. The first kappa shape index (κ1) is 24.0. The molecule has 3 aromatic heterocycles. The Balaban J connectivity index is 1.36. The molecule has 188 valence electrons. The van der Waals surface area contributed by atoms with E-state index >= 15 is 0 Å². The number of aromatic nitrogens is 4. The van der Waals surface area contributed by atoms with E-state index in [4.69, 9.17) is 4.98 Å². The van der Waals surface area contributed by atoms with E-state index in [1.54, 1.807) is 31.7 Å². The molecule has 10 nitrogen and oxygen atoms in total. The van der Waals surface area contributed by atoms with Gasteiger partial charge in [-0.2, -0.15) is 4.98 Å². The number of benzene rings is 1. The molecule has 0 saturated carbocycles. The standard InChI is InChI=1S/C25H30N8O2S/c1-18-16-32(13-11-27-18)22-6-4-21(5-7-22)29-25-28-15-19-9-12-33(24(19)30-25)17-20-14-26-10-8-23(20)31(2)36(3,34)35/h4-10,12,14-15,18,27H,11,13,16-17H2,1-3H3,(H,28,29,30)/t18-/m0/s1. The number of anilines is 4. The summed E-state index contributed by atoms with van der Waals surface area (Å²) < 4.78 is 27.4. The Kier molecular flexibility index (Phi) is 6.50. The van der Waals surface area contributed by atoms with Gasteiger partial charge < -0.3 is 20.1 Å². The molecule has 1 aliphatic rings. The van der Waals surface area contributed by atoms with Crippen LogP contribution in [0.2, 0.25) is 0 Å². The summed E-state index contributed by atoms with van der Waals surface area (Å²) in [6.07, 6.45) is 8.16. The van der Waals surface area contributed by atoms with Gasteiger partial charge in [0.05, 0.1) is 18.5 Å². The van der Waals surface area contributed by atoms with Gasteiger partial charge >= 0.3 is 0 Å². The molecule has 0 spiro atoms. The minimum atomic E-state index is -3.40. The normalized spacial score (nSPS) is 16.3. The molecule has 36 heavy (non-hydrogen) atoms. The van der Waals surface area contributed by atoms with Gasteiger partial charge in [0, 0.05) is 79.8 Å². The van der Waals surface area contributed by atoms with Crippen molar-refractivity contribution in [3.63, 3.8) is 0 Å². The third kappa shape index (κ3) is 5.12. The van der Waals surface area contributed by atoms with Gasteiger partial charge in [0.15, 0.2) is 0 Å². The maximum absolute atomic E-state index is 12.1. The molecule has 0 unspecified atom stereocenters. The summed E-state index contributed by atoms with van der Waals surface area (Å²) in [4.78, 5) is 15.8. The van der Waals surface area contributed by atoms with E-state index in [1.807, 2.05) is 29.0 Å². The predicted octanol–water partition coefficient (Wildman–Crippen LogP) is 2.81. The Labute approximate surface area is 211 Å². The fourth-order valence-electron chi connectivity index (χ4n) is 4.42. The lowest BCUT2D eigenvalue weighted by Crippen LogP contribution is -2.49. The summed E-state index contributed by atoms with van der Waals surface area (Å²) >= 11 is 0. The second-order valence-electron chi connectivity index (χ2n) is 9.12. The summed E-state index contributed by atoms with van der Waals surface area (Å²) in [7, 11) is -1.86. The summed E-state index contributed by atoms with van der Waals surface area (Å²) in [6.45, 7) is 5.58. The zero-order valence-electron chi connectivity index (χ0n) is 20.6. The van der Waals surface area contributed by atoms with Crippen LogP contribution in [-0.4, -0.2) is 66.9 Å². The fraction of sp³-hybridized carbons (Fsp3) is 0.320. The molecular formula is C25H30N8O2S. The number of pyridine rings is 1. The van der Waals surface area contributed by atoms with Crippen molar-refractivity contribution in [3.8, 4) is 0 Å². The number of nitrogens with one attached hydrogen (secondary N) is 2. The Hall–Kier alpha value is -3.70. The molecule has 1 aromatic carbocycles. The van der Waals surface area contributed by atoms with E-state index < -0.39 is 10.0 Å². The number of hydrogen-bond acceptors (Lipinski definition) is 8. The van der Waals surface area contributed by atoms with Crippen molar-refractivity contribution in [3.05, 3.63) is 66.7 Å². The molecule has 0 radical (unpaired) electrons. The van der Waals surface area contributed by atoms with Crippen LogP contribution in [0.15, 0.2) is 61.2 Å². The summed E-state index contributed by atoms with van der Waals surface area (Å²) in [5.41, 5.74) is 4.21. The van der Waals surface area contributed by atoms with Crippen LogP contribution in [0.1, 0.15) is 12.5 Å². The van der Waals surface area contributed by atoms with Crippen LogP contribution >= 0.6 is 0 Å². The second-order valence-corrected chi connectivity index (χ2v) is 11.1. The Bertz CT molecular complexity index is 1470. The van der Waals surface area contributed by atoms with Crippen LogP contribution in [0.3, 0.4) is 0 Å². The highest BCUT2D eigenvalue weighted by Crippen LogP contribution is 2.25. The number of rotatable bonds is 7. The summed E-state index contributed by atoms with van der Waals surface area (Å²) in [5.74, 6) is 0.491. The molecule has 0 aliphatic carbocycles. The van der Waals surface area contributed by atoms with Crippen LogP contribution in [0.4, 0.5) is 23.0 Å². The summed E-state index contributed by atoms with van der Waals surface area (Å²) in [6, 6.07) is 12.4. The van der Waals surface area contributed by atoms with Crippen LogP contribution in [-0.2, 0) is 16.6 Å². The van der Waals surface area contributed by atoms with E-state index in [1.165, 1.54) is 16.2 Å². The molecule has 1 fully saturated rings. The SMILES string of the molecule is C[C@H]1CN(c2ccc(Nc3ncc4ccn(Cc5cnccc5N(C)S(C)(=O)=O)c4n3)cc2)CCN1. The minimum Gasteiger partial charge on any atom is -0.369 e. The molecule has 1 aliphatic heterocycles. The van der Waals surface area contributed by atoms with E-state index in [9.17, 15) is 8.42 Å². The Morgan fingerprint density at radius 2 is 1.97 bits per heavy atom. The van der Waals surface area contributed by atoms with Gasteiger partial charge in [0.2, 0.25) is 16.0 Å². The molecule has 4 aromatic rings. The first-order chi connectivity index (χ1) is 17.3. The number of hydrogen-bond donors (Lipinski definition) is 2. The van der Waals surface area contributed by atoms with Gasteiger partial charge in [-0.25, -0.2) is 13.4 Å². The first-order valence-electron chi connectivity index (χ1n) is 11.8. The Morgan fingerprint density at radius 1 is 1.17 bits per heavy atom. The molecule has 0 amide bonds. The zero-order chi connectivity index (χ0) is 25.3. The maximum Gasteiger partial charge on any atom is 0.232 e. The predicted molar refractivity (Wildman–Crippen MR) is 144 cm³/mol. The number of fused-ring (bicyclic) bond motifs is 1. The van der Waals surface area contributed by atoms with Gasteiger partial charge in [-0.3, -0.25) is 9.29 Å². The van der Waals surface area contributed by atoms with Crippen molar-refractivity contribution in [1.29, 1.82) is 0 Å². The maximum atomic E-state index is 12.1. The largest absolute Gasteiger partial charge is 0.369 e.